The average Bonchev–Trinajstić information content (AvgIpc) is 2.37. The van der Waals surface area contributed by atoms with Gasteiger partial charge in [0.15, 0.2) is 6.54 Å². The summed E-state index contributed by atoms with van der Waals surface area (Å²) in [6.07, 6.45) is 3.45. The molecule has 2 aliphatic rings. The van der Waals surface area contributed by atoms with Crippen molar-refractivity contribution in [3.8, 4) is 0 Å². The van der Waals surface area contributed by atoms with E-state index in [0.717, 1.165) is 37.2 Å². The number of rotatable bonds is 4. The number of carbonyl (C=O) groups is 1. The smallest absolute Gasteiger partial charge is 0.361 e. The number of likely N-dealkylation sites (N-methyl/N-ethyl adjacent to an activating group) is 1. The second-order valence-electron chi connectivity index (χ2n) is 7.24. The van der Waals surface area contributed by atoms with Gasteiger partial charge in [-0.3, -0.25) is 0 Å². The van der Waals surface area contributed by atoms with Crippen LogP contribution in [0.4, 0.5) is 0 Å². The van der Waals surface area contributed by atoms with Crippen molar-refractivity contribution in [1.29, 1.82) is 0 Å². The van der Waals surface area contributed by atoms with Gasteiger partial charge in [0.2, 0.25) is 0 Å². The molecule has 4 heteroatoms. The molecule has 1 heterocycles. The van der Waals surface area contributed by atoms with E-state index in [9.17, 15) is 4.79 Å². The number of carbonyl (C=O) groups excluding carboxylic acids is 1. The molecule has 1 aliphatic carbocycles. The summed E-state index contributed by atoms with van der Waals surface area (Å²) in [6.45, 7) is 11.0. The maximum atomic E-state index is 12.1. The van der Waals surface area contributed by atoms with Crippen LogP contribution in [0.3, 0.4) is 0 Å². The van der Waals surface area contributed by atoms with Crippen LogP contribution in [0.5, 0.6) is 0 Å². The van der Waals surface area contributed by atoms with Crippen LogP contribution < -0.4 is 0 Å². The molecule has 0 bridgehead atoms. The third-order valence-electron chi connectivity index (χ3n) is 5.10. The molecule has 0 aromatic carbocycles. The van der Waals surface area contributed by atoms with Crippen LogP contribution >= 0.6 is 0 Å². The minimum absolute atomic E-state index is 0.0647. The lowest BCUT2D eigenvalue weighted by atomic mass is 9.75. The van der Waals surface area contributed by atoms with Gasteiger partial charge in [-0.2, -0.15) is 0 Å². The maximum Gasteiger partial charge on any atom is 0.361 e. The number of esters is 1. The lowest BCUT2D eigenvalue weighted by Gasteiger charge is -2.37. The van der Waals surface area contributed by atoms with Crippen molar-refractivity contribution in [2.75, 3.05) is 46.5 Å². The Morgan fingerprint density at radius 2 is 2.05 bits per heavy atom. The lowest BCUT2D eigenvalue weighted by Crippen LogP contribution is -2.54. The maximum absolute atomic E-state index is 12.1. The summed E-state index contributed by atoms with van der Waals surface area (Å²) < 4.78 is 11.7. The highest BCUT2D eigenvalue weighted by atomic mass is 16.5. The zero-order chi connectivity index (χ0) is 15.5. The molecule has 0 aromatic heterocycles. The van der Waals surface area contributed by atoms with Crippen LogP contribution in [-0.4, -0.2) is 57.0 Å². The summed E-state index contributed by atoms with van der Waals surface area (Å²) in [6, 6.07) is 0. The first-order valence-corrected chi connectivity index (χ1v) is 8.14. The fraction of sp³-hybridized carbons (Fsp3) is 0.824. The minimum atomic E-state index is -0.0647. The Labute approximate surface area is 128 Å². The van der Waals surface area contributed by atoms with Crippen LogP contribution in [0.2, 0.25) is 0 Å². The second kappa shape index (κ2) is 6.93. The Bertz CT molecular complexity index is 399. The van der Waals surface area contributed by atoms with E-state index in [1.807, 2.05) is 0 Å². The van der Waals surface area contributed by atoms with Gasteiger partial charge in [-0.05, 0) is 25.2 Å². The molecule has 0 radical (unpaired) electrons. The van der Waals surface area contributed by atoms with Gasteiger partial charge < -0.3 is 14.0 Å². The topological polar surface area (TPSA) is 35.5 Å². The molecule has 0 saturated carbocycles. The van der Waals surface area contributed by atoms with Crippen LogP contribution in [0.25, 0.3) is 0 Å². The van der Waals surface area contributed by atoms with E-state index in [4.69, 9.17) is 9.47 Å². The Balaban J connectivity index is 1.81. The third-order valence-corrected chi connectivity index (χ3v) is 5.10. The molecule has 3 atom stereocenters. The van der Waals surface area contributed by atoms with Crippen molar-refractivity contribution in [3.63, 3.8) is 0 Å². The number of morpholine rings is 1. The van der Waals surface area contributed by atoms with E-state index >= 15 is 0 Å². The Morgan fingerprint density at radius 1 is 1.38 bits per heavy atom. The molecule has 0 spiro atoms. The van der Waals surface area contributed by atoms with E-state index in [0.29, 0.717) is 30.9 Å². The summed E-state index contributed by atoms with van der Waals surface area (Å²) in [5, 5.41) is 0. The fourth-order valence-electron chi connectivity index (χ4n) is 3.62. The molecule has 120 valence electrons. The van der Waals surface area contributed by atoms with Gasteiger partial charge in [0, 0.05) is 5.92 Å². The molecule has 0 unspecified atom stereocenters. The van der Waals surface area contributed by atoms with Gasteiger partial charge in [0.05, 0.1) is 26.9 Å². The van der Waals surface area contributed by atoms with Gasteiger partial charge in [-0.25, -0.2) is 4.79 Å². The van der Waals surface area contributed by atoms with Gasteiger partial charge in [-0.15, -0.1) is 0 Å². The highest BCUT2D eigenvalue weighted by Gasteiger charge is 2.31. The first-order valence-electron chi connectivity index (χ1n) is 8.14. The van der Waals surface area contributed by atoms with E-state index in [1.165, 1.54) is 5.57 Å². The minimum Gasteiger partial charge on any atom is -0.461 e. The molecular weight excluding hydrogens is 266 g/mol. The predicted molar refractivity (Wildman–Crippen MR) is 82.8 cm³/mol. The van der Waals surface area contributed by atoms with Gasteiger partial charge in [0.1, 0.15) is 13.1 Å². The van der Waals surface area contributed by atoms with Crippen molar-refractivity contribution in [3.05, 3.63) is 11.6 Å². The number of hydrogen-bond acceptors (Lipinski definition) is 3. The normalized spacial score (nSPS) is 32.4. The summed E-state index contributed by atoms with van der Waals surface area (Å²) in [4.78, 5) is 12.1. The lowest BCUT2D eigenvalue weighted by molar-refractivity contribution is -0.910. The molecule has 21 heavy (non-hydrogen) atoms. The summed E-state index contributed by atoms with van der Waals surface area (Å²) in [5.41, 5.74) is 1.46. The molecule has 1 saturated heterocycles. The zero-order valence-corrected chi connectivity index (χ0v) is 13.9. The van der Waals surface area contributed by atoms with Crippen LogP contribution in [0.1, 0.15) is 27.2 Å². The van der Waals surface area contributed by atoms with Gasteiger partial charge in [0.25, 0.3) is 0 Å². The zero-order valence-electron chi connectivity index (χ0n) is 13.9. The molecule has 4 nitrogen and oxygen atoms in total. The van der Waals surface area contributed by atoms with Crippen LogP contribution in [-0.2, 0) is 14.3 Å². The molecule has 0 amide bonds. The van der Waals surface area contributed by atoms with Gasteiger partial charge >= 0.3 is 5.97 Å². The average molecular weight is 296 g/mol. The van der Waals surface area contributed by atoms with E-state index in [1.54, 1.807) is 0 Å². The largest absolute Gasteiger partial charge is 0.461 e. The second-order valence-corrected chi connectivity index (χ2v) is 7.24. The fourth-order valence-corrected chi connectivity index (χ4v) is 3.62. The van der Waals surface area contributed by atoms with Crippen molar-refractivity contribution in [1.82, 2.24) is 0 Å². The molecular formula is C17H30NO3+. The van der Waals surface area contributed by atoms with Crippen molar-refractivity contribution in [2.45, 2.75) is 27.2 Å². The SMILES string of the molecule is CC1=C[C@H](C)[C@@H](COC(=O)C[N+]2(C)CCOCC2)[C@H](C)C1. The first kappa shape index (κ1) is 16.5. The standard InChI is InChI=1S/C17H30NO3/c1-13-9-14(2)16(15(3)10-13)12-21-17(19)11-18(4)5-7-20-8-6-18/h9,14-16H,5-8,10-12H2,1-4H3/q+1/t14-,15+,16+/m0/s1. The summed E-state index contributed by atoms with van der Waals surface area (Å²) in [7, 11) is 2.11. The Hall–Kier alpha value is -0.870. The summed E-state index contributed by atoms with van der Waals surface area (Å²) >= 11 is 0. The van der Waals surface area contributed by atoms with Crippen molar-refractivity contribution < 1.29 is 18.8 Å². The van der Waals surface area contributed by atoms with Gasteiger partial charge in [-0.1, -0.05) is 25.5 Å². The number of quaternary nitrogens is 1. The predicted octanol–water partition coefficient (Wildman–Crippen LogP) is 2.24. The van der Waals surface area contributed by atoms with Crippen LogP contribution in [0, 0.1) is 17.8 Å². The van der Waals surface area contributed by atoms with E-state index < -0.39 is 0 Å². The quantitative estimate of drug-likeness (QED) is 0.453. The molecule has 1 aliphatic heterocycles. The van der Waals surface area contributed by atoms with Crippen molar-refractivity contribution in [2.24, 2.45) is 17.8 Å². The number of allylic oxidation sites excluding steroid dienone is 2. The van der Waals surface area contributed by atoms with E-state index in [-0.39, 0.29) is 5.97 Å². The van der Waals surface area contributed by atoms with E-state index in [2.05, 4.69) is 33.9 Å². The summed E-state index contributed by atoms with van der Waals surface area (Å²) in [5.74, 6) is 1.47. The Kier molecular flexibility index (Phi) is 5.44. The molecule has 1 fully saturated rings. The molecule has 2 rings (SSSR count). The number of hydrogen-bond donors (Lipinski definition) is 0. The molecule has 0 N–H and O–H groups in total. The number of ether oxygens (including phenoxy) is 2. The van der Waals surface area contributed by atoms with Crippen LogP contribution in [0.15, 0.2) is 11.6 Å². The first-order chi connectivity index (χ1) is 9.89. The Morgan fingerprint density at radius 3 is 2.67 bits per heavy atom. The highest BCUT2D eigenvalue weighted by molar-refractivity contribution is 5.70. The highest BCUT2D eigenvalue weighted by Crippen LogP contribution is 2.33. The monoisotopic (exact) mass is 296 g/mol. The van der Waals surface area contributed by atoms with Crippen molar-refractivity contribution >= 4 is 5.97 Å². The molecule has 0 aromatic rings. The number of nitrogens with zero attached hydrogens (tertiary/aromatic N) is 1. The third kappa shape index (κ3) is 4.55.